The van der Waals surface area contributed by atoms with Crippen molar-refractivity contribution in [2.75, 3.05) is 6.54 Å². The van der Waals surface area contributed by atoms with Gasteiger partial charge in [-0.25, -0.2) is 4.79 Å². The summed E-state index contributed by atoms with van der Waals surface area (Å²) in [6.07, 6.45) is 2.39. The second-order valence-electron chi connectivity index (χ2n) is 4.12. The smallest absolute Gasteiger partial charge is 0.329 e. The van der Waals surface area contributed by atoms with Gasteiger partial charge in [-0.1, -0.05) is 0 Å². The Hall–Kier alpha value is -1.06. The van der Waals surface area contributed by atoms with Crippen molar-refractivity contribution in [3.05, 3.63) is 0 Å². The maximum Gasteiger partial charge on any atom is 0.329 e. The number of amides is 1. The minimum absolute atomic E-state index is 0.331. The van der Waals surface area contributed by atoms with E-state index in [1.165, 1.54) is 4.90 Å². The summed E-state index contributed by atoms with van der Waals surface area (Å²) in [5.41, 5.74) is -0.485. The summed E-state index contributed by atoms with van der Waals surface area (Å²) >= 11 is 0. The molecule has 1 rings (SSSR count). The van der Waals surface area contributed by atoms with Gasteiger partial charge in [-0.05, 0) is 27.2 Å². The maximum atomic E-state index is 11.4. The van der Waals surface area contributed by atoms with Crippen molar-refractivity contribution >= 4 is 12.4 Å². The number of likely N-dealkylation sites (tertiary alicyclic amines) is 1. The average Bonchev–Trinajstić information content (AvgIpc) is 1.80. The zero-order valence-corrected chi connectivity index (χ0v) is 8.16. The maximum absolute atomic E-state index is 11.4. The number of ether oxygens (including phenoxy) is 1. The van der Waals surface area contributed by atoms with Gasteiger partial charge in [0.2, 0.25) is 0 Å². The Morgan fingerprint density at radius 2 is 2.15 bits per heavy atom. The van der Waals surface area contributed by atoms with E-state index in [1.807, 2.05) is 0 Å². The van der Waals surface area contributed by atoms with Crippen LogP contribution in [-0.2, 0) is 14.3 Å². The molecule has 0 aromatic heterocycles. The van der Waals surface area contributed by atoms with Gasteiger partial charge >= 0.3 is 12.4 Å². The topological polar surface area (TPSA) is 46.6 Å². The van der Waals surface area contributed by atoms with Crippen molar-refractivity contribution in [2.45, 2.75) is 38.8 Å². The molecule has 1 saturated heterocycles. The summed E-state index contributed by atoms with van der Waals surface area (Å²) in [6.45, 7) is 6.02. The molecule has 1 amide bonds. The van der Waals surface area contributed by atoms with E-state index in [2.05, 4.69) is 0 Å². The lowest BCUT2D eigenvalue weighted by atomic mass is 10.0. The van der Waals surface area contributed by atoms with Crippen molar-refractivity contribution in [1.29, 1.82) is 0 Å². The van der Waals surface area contributed by atoms with Crippen LogP contribution in [0.1, 0.15) is 27.2 Å². The fraction of sp³-hybridized carbons (Fsp3) is 0.778. The summed E-state index contributed by atoms with van der Waals surface area (Å²) in [5.74, 6) is -0.331. The number of hydrogen-bond donors (Lipinski definition) is 0. The molecule has 1 aliphatic heterocycles. The highest BCUT2D eigenvalue weighted by atomic mass is 16.6. The van der Waals surface area contributed by atoms with E-state index < -0.39 is 11.6 Å². The number of carbonyl (C=O) groups excluding carboxylic acids is 2. The molecule has 0 bridgehead atoms. The second kappa shape index (κ2) is 3.36. The molecule has 4 heteroatoms. The second-order valence-corrected chi connectivity index (χ2v) is 4.12. The van der Waals surface area contributed by atoms with Crippen LogP contribution in [0.4, 0.5) is 0 Å². The first-order chi connectivity index (χ1) is 5.94. The third-order valence-electron chi connectivity index (χ3n) is 1.82. The minimum Gasteiger partial charge on any atom is -0.458 e. The first-order valence-corrected chi connectivity index (χ1v) is 4.31. The predicted molar refractivity (Wildman–Crippen MR) is 46.6 cm³/mol. The van der Waals surface area contributed by atoms with Gasteiger partial charge in [-0.3, -0.25) is 4.79 Å². The van der Waals surface area contributed by atoms with Crippen molar-refractivity contribution in [2.24, 2.45) is 0 Å². The highest BCUT2D eigenvalue weighted by Gasteiger charge is 2.36. The Balaban J connectivity index is 2.45. The molecular weight excluding hydrogens is 170 g/mol. The predicted octanol–water partition coefficient (Wildman–Crippen LogP) is 0.470. The van der Waals surface area contributed by atoms with E-state index in [0.29, 0.717) is 13.0 Å². The van der Waals surface area contributed by atoms with Crippen molar-refractivity contribution in [1.82, 2.24) is 4.90 Å². The Morgan fingerprint density at radius 1 is 1.54 bits per heavy atom. The third-order valence-corrected chi connectivity index (χ3v) is 1.82. The van der Waals surface area contributed by atoms with Crippen LogP contribution in [0.15, 0.2) is 0 Å². The molecule has 0 saturated carbocycles. The van der Waals surface area contributed by atoms with Crippen LogP contribution in [0.2, 0.25) is 0 Å². The quantitative estimate of drug-likeness (QED) is 0.586. The van der Waals surface area contributed by atoms with Gasteiger partial charge in [-0.15, -0.1) is 0 Å². The van der Waals surface area contributed by atoms with Crippen LogP contribution in [0.25, 0.3) is 0 Å². The zero-order valence-electron chi connectivity index (χ0n) is 8.16. The molecule has 13 heavy (non-hydrogen) atoms. The van der Waals surface area contributed by atoms with Crippen LogP contribution in [0.5, 0.6) is 0 Å². The molecule has 1 heterocycles. The van der Waals surface area contributed by atoms with Crippen LogP contribution >= 0.6 is 0 Å². The Morgan fingerprint density at radius 3 is 2.46 bits per heavy atom. The fourth-order valence-electron chi connectivity index (χ4n) is 1.11. The molecule has 1 radical (unpaired) electrons. The van der Waals surface area contributed by atoms with Gasteiger partial charge in [0.1, 0.15) is 11.6 Å². The number of rotatable bonds is 2. The SMILES string of the molecule is CC(C)(C)OC(=O)C1CCN1[C]=O. The van der Waals surface area contributed by atoms with E-state index in [4.69, 9.17) is 4.74 Å². The molecule has 0 N–H and O–H groups in total. The first kappa shape index (κ1) is 10.0. The molecule has 0 aliphatic carbocycles. The summed E-state index contributed by atoms with van der Waals surface area (Å²) in [7, 11) is 0. The molecule has 4 nitrogen and oxygen atoms in total. The van der Waals surface area contributed by atoms with Crippen LogP contribution < -0.4 is 0 Å². The van der Waals surface area contributed by atoms with Crippen LogP contribution in [-0.4, -0.2) is 35.5 Å². The highest BCUT2D eigenvalue weighted by molar-refractivity contribution is 5.80. The molecule has 0 aromatic rings. The number of esters is 1. The molecule has 0 spiro atoms. The summed E-state index contributed by atoms with van der Waals surface area (Å²) in [5, 5.41) is 0. The van der Waals surface area contributed by atoms with E-state index >= 15 is 0 Å². The summed E-state index contributed by atoms with van der Waals surface area (Å²) < 4.78 is 5.11. The first-order valence-electron chi connectivity index (χ1n) is 4.31. The minimum atomic E-state index is -0.485. The standard InChI is InChI=1S/C9H14NO3/c1-9(2,3)13-8(12)7-4-5-10(7)6-11/h7H,4-5H2,1-3H3. The van der Waals surface area contributed by atoms with E-state index in [9.17, 15) is 9.59 Å². The molecule has 1 unspecified atom stereocenters. The number of carbonyl (C=O) groups is 1. The third kappa shape index (κ3) is 2.44. The summed E-state index contributed by atoms with van der Waals surface area (Å²) in [4.78, 5) is 23.0. The van der Waals surface area contributed by atoms with Crippen molar-refractivity contribution < 1.29 is 14.3 Å². The van der Waals surface area contributed by atoms with Crippen molar-refractivity contribution in [3.8, 4) is 0 Å². The van der Waals surface area contributed by atoms with E-state index in [0.717, 1.165) is 0 Å². The molecule has 1 atom stereocenters. The molecule has 1 fully saturated rings. The molecule has 1 aliphatic rings. The molecular formula is C9H14NO3. The van der Waals surface area contributed by atoms with E-state index in [-0.39, 0.29) is 5.97 Å². The van der Waals surface area contributed by atoms with Gasteiger partial charge in [-0.2, -0.15) is 0 Å². The van der Waals surface area contributed by atoms with Gasteiger partial charge in [0, 0.05) is 6.54 Å². The number of nitrogens with zero attached hydrogens (tertiary/aromatic N) is 1. The molecule has 0 aromatic carbocycles. The normalized spacial score (nSPS) is 22.1. The summed E-state index contributed by atoms with van der Waals surface area (Å²) in [6, 6.07) is -0.406. The van der Waals surface area contributed by atoms with Gasteiger partial charge < -0.3 is 9.64 Å². The fourth-order valence-corrected chi connectivity index (χ4v) is 1.11. The van der Waals surface area contributed by atoms with Gasteiger partial charge in [0.15, 0.2) is 0 Å². The van der Waals surface area contributed by atoms with Crippen LogP contribution in [0, 0.1) is 0 Å². The number of hydrogen-bond acceptors (Lipinski definition) is 3. The average molecular weight is 184 g/mol. The monoisotopic (exact) mass is 184 g/mol. The van der Waals surface area contributed by atoms with Gasteiger partial charge in [0.25, 0.3) is 0 Å². The Kier molecular flexibility index (Phi) is 2.59. The lowest BCUT2D eigenvalue weighted by Crippen LogP contribution is -2.53. The molecule has 73 valence electrons. The Labute approximate surface area is 77.8 Å². The highest BCUT2D eigenvalue weighted by Crippen LogP contribution is 2.19. The largest absolute Gasteiger partial charge is 0.458 e. The lowest BCUT2D eigenvalue weighted by Gasteiger charge is -2.36. The lowest BCUT2D eigenvalue weighted by molar-refractivity contribution is -0.163. The van der Waals surface area contributed by atoms with Gasteiger partial charge in [0.05, 0.1) is 0 Å². The van der Waals surface area contributed by atoms with Crippen molar-refractivity contribution in [3.63, 3.8) is 0 Å². The van der Waals surface area contributed by atoms with Crippen LogP contribution in [0.3, 0.4) is 0 Å². The van der Waals surface area contributed by atoms with E-state index in [1.54, 1.807) is 27.2 Å². The Bertz CT molecular complexity index is 219. The zero-order chi connectivity index (χ0) is 10.1.